The molecule has 2 aliphatic rings. The fourth-order valence-electron chi connectivity index (χ4n) is 3.46. The zero-order valence-corrected chi connectivity index (χ0v) is 11.8. The second-order valence-corrected chi connectivity index (χ2v) is 5.73. The number of nitrogens with one attached hydrogen (secondary N) is 1. The molecule has 1 fully saturated rings. The van der Waals surface area contributed by atoms with Crippen molar-refractivity contribution in [2.45, 2.75) is 12.5 Å². The molecular formula is C19H17NO. The van der Waals surface area contributed by atoms with E-state index in [0.29, 0.717) is 6.04 Å². The monoisotopic (exact) mass is 275 g/mol. The number of Topliss-reactive ketones (excluding diaryl/α,β-unsaturated/α-hetero) is 1. The molecule has 1 saturated heterocycles. The Bertz CT molecular complexity index is 767. The molecule has 2 aromatic rings. The summed E-state index contributed by atoms with van der Waals surface area (Å²) in [5, 5.41) is 5.65. The van der Waals surface area contributed by atoms with Crippen LogP contribution >= 0.6 is 0 Å². The first-order chi connectivity index (χ1) is 10.3. The maximum Gasteiger partial charge on any atom is 0.171 e. The predicted octanol–water partition coefficient (Wildman–Crippen LogP) is 3.50. The van der Waals surface area contributed by atoms with Crippen LogP contribution in [0.25, 0.3) is 10.8 Å². The van der Waals surface area contributed by atoms with Crippen molar-refractivity contribution < 1.29 is 4.79 Å². The Labute approximate surface area is 124 Å². The molecule has 2 heteroatoms. The van der Waals surface area contributed by atoms with Crippen LogP contribution < -0.4 is 5.32 Å². The van der Waals surface area contributed by atoms with Crippen molar-refractivity contribution in [1.82, 2.24) is 5.32 Å². The zero-order valence-electron chi connectivity index (χ0n) is 11.8. The molecule has 0 saturated carbocycles. The molecule has 1 aliphatic heterocycles. The van der Waals surface area contributed by atoms with Crippen LogP contribution in [0.4, 0.5) is 0 Å². The molecule has 1 heterocycles. The Morgan fingerprint density at radius 3 is 2.90 bits per heavy atom. The highest BCUT2D eigenvalue weighted by molar-refractivity contribution is 6.10. The number of benzene rings is 2. The molecule has 104 valence electrons. The second-order valence-electron chi connectivity index (χ2n) is 5.73. The Balaban J connectivity index is 1.77. The molecule has 2 nitrogen and oxygen atoms in total. The summed E-state index contributed by atoms with van der Waals surface area (Å²) in [6.45, 7) is 0.750. The summed E-state index contributed by atoms with van der Waals surface area (Å²) in [6, 6.07) is 14.4. The topological polar surface area (TPSA) is 29.1 Å². The molecule has 4 rings (SSSR count). The van der Waals surface area contributed by atoms with Gasteiger partial charge in [0.05, 0.1) is 5.92 Å². The fourth-order valence-corrected chi connectivity index (χ4v) is 3.46. The highest BCUT2D eigenvalue weighted by Crippen LogP contribution is 2.31. The van der Waals surface area contributed by atoms with Crippen molar-refractivity contribution in [3.63, 3.8) is 0 Å². The molecule has 0 radical (unpaired) electrons. The zero-order chi connectivity index (χ0) is 14.2. The van der Waals surface area contributed by atoms with E-state index in [1.807, 2.05) is 30.3 Å². The van der Waals surface area contributed by atoms with E-state index < -0.39 is 0 Å². The SMILES string of the molecule is O=C(c1cccc2ccccc12)C1CNC2CC=CC=C21. The van der Waals surface area contributed by atoms with Gasteiger partial charge in [-0.2, -0.15) is 0 Å². The van der Waals surface area contributed by atoms with Gasteiger partial charge in [0.15, 0.2) is 5.78 Å². The van der Waals surface area contributed by atoms with E-state index >= 15 is 0 Å². The van der Waals surface area contributed by atoms with E-state index in [9.17, 15) is 4.79 Å². The van der Waals surface area contributed by atoms with E-state index in [4.69, 9.17) is 0 Å². The van der Waals surface area contributed by atoms with Crippen LogP contribution in [0, 0.1) is 5.92 Å². The molecule has 2 aromatic carbocycles. The summed E-state index contributed by atoms with van der Waals surface area (Å²) in [5.41, 5.74) is 2.09. The fraction of sp³-hybridized carbons (Fsp3) is 0.211. The Kier molecular flexibility index (Phi) is 2.97. The van der Waals surface area contributed by atoms with Crippen LogP contribution in [0.2, 0.25) is 0 Å². The quantitative estimate of drug-likeness (QED) is 0.850. The Morgan fingerprint density at radius 2 is 1.95 bits per heavy atom. The first kappa shape index (κ1) is 12.5. The average Bonchev–Trinajstić information content (AvgIpc) is 2.98. The van der Waals surface area contributed by atoms with Gasteiger partial charge in [-0.1, -0.05) is 60.7 Å². The number of allylic oxidation sites excluding steroid dienone is 2. The first-order valence-electron chi connectivity index (χ1n) is 7.46. The minimum absolute atomic E-state index is 0.0224. The molecule has 0 amide bonds. The minimum Gasteiger partial charge on any atom is -0.309 e. The van der Waals surface area contributed by atoms with E-state index in [2.05, 4.69) is 35.7 Å². The van der Waals surface area contributed by atoms with E-state index in [1.54, 1.807) is 0 Å². The summed E-state index contributed by atoms with van der Waals surface area (Å²) >= 11 is 0. The predicted molar refractivity (Wildman–Crippen MR) is 85.4 cm³/mol. The van der Waals surface area contributed by atoms with Crippen molar-refractivity contribution in [3.8, 4) is 0 Å². The molecule has 0 spiro atoms. The van der Waals surface area contributed by atoms with Gasteiger partial charge < -0.3 is 5.32 Å². The van der Waals surface area contributed by atoms with Crippen LogP contribution in [0.5, 0.6) is 0 Å². The standard InChI is InChI=1S/C19H17NO/c21-19(17-12-20-18-11-4-3-9-15(17)18)16-10-5-7-13-6-1-2-8-14(13)16/h1-10,17-18,20H,11-12H2. The molecule has 21 heavy (non-hydrogen) atoms. The summed E-state index contributed by atoms with van der Waals surface area (Å²) in [6.07, 6.45) is 7.33. The van der Waals surface area contributed by atoms with Gasteiger partial charge in [-0.3, -0.25) is 4.79 Å². The van der Waals surface area contributed by atoms with Crippen LogP contribution in [-0.4, -0.2) is 18.4 Å². The minimum atomic E-state index is -0.0224. The number of fused-ring (bicyclic) bond motifs is 2. The number of ketones is 1. The van der Waals surface area contributed by atoms with Crippen LogP contribution in [0.15, 0.2) is 66.3 Å². The van der Waals surface area contributed by atoms with Crippen LogP contribution in [0.1, 0.15) is 16.8 Å². The molecule has 2 atom stereocenters. The van der Waals surface area contributed by atoms with E-state index in [1.165, 1.54) is 5.57 Å². The molecule has 1 N–H and O–H groups in total. The number of hydrogen-bond donors (Lipinski definition) is 1. The number of carbonyl (C=O) groups excluding carboxylic acids is 1. The largest absolute Gasteiger partial charge is 0.309 e. The third-order valence-electron chi connectivity index (χ3n) is 4.54. The number of rotatable bonds is 2. The van der Waals surface area contributed by atoms with Crippen molar-refractivity contribution in [2.75, 3.05) is 6.54 Å². The lowest BCUT2D eigenvalue weighted by atomic mass is 9.86. The first-order valence-corrected chi connectivity index (χ1v) is 7.46. The highest BCUT2D eigenvalue weighted by Gasteiger charge is 2.35. The normalized spacial score (nSPS) is 23.9. The smallest absolute Gasteiger partial charge is 0.171 e. The Morgan fingerprint density at radius 1 is 1.10 bits per heavy atom. The maximum atomic E-state index is 13.0. The number of hydrogen-bond acceptors (Lipinski definition) is 2. The lowest BCUT2D eigenvalue weighted by Crippen LogP contribution is -2.22. The van der Waals surface area contributed by atoms with Gasteiger partial charge in [-0.05, 0) is 22.8 Å². The van der Waals surface area contributed by atoms with Crippen molar-refractivity contribution in [3.05, 3.63) is 71.8 Å². The third-order valence-corrected chi connectivity index (χ3v) is 4.54. The molecule has 2 unspecified atom stereocenters. The molecule has 1 aliphatic carbocycles. The van der Waals surface area contributed by atoms with Crippen LogP contribution in [0.3, 0.4) is 0 Å². The lowest BCUT2D eigenvalue weighted by Gasteiger charge is -2.17. The van der Waals surface area contributed by atoms with Gasteiger partial charge in [-0.15, -0.1) is 0 Å². The second kappa shape index (κ2) is 4.97. The maximum absolute atomic E-state index is 13.0. The van der Waals surface area contributed by atoms with Crippen LogP contribution in [-0.2, 0) is 0 Å². The lowest BCUT2D eigenvalue weighted by molar-refractivity contribution is 0.0949. The molecule has 0 bridgehead atoms. The van der Waals surface area contributed by atoms with Crippen molar-refractivity contribution >= 4 is 16.6 Å². The molecular weight excluding hydrogens is 258 g/mol. The summed E-state index contributed by atoms with van der Waals surface area (Å²) in [4.78, 5) is 13.0. The van der Waals surface area contributed by atoms with Gasteiger partial charge in [-0.25, -0.2) is 0 Å². The van der Waals surface area contributed by atoms with Gasteiger partial charge in [0.25, 0.3) is 0 Å². The summed E-state index contributed by atoms with van der Waals surface area (Å²) < 4.78 is 0. The molecule has 0 aromatic heterocycles. The van der Waals surface area contributed by atoms with Crippen molar-refractivity contribution in [1.29, 1.82) is 0 Å². The summed E-state index contributed by atoms with van der Waals surface area (Å²) in [5.74, 6) is 0.217. The van der Waals surface area contributed by atoms with Gasteiger partial charge in [0.2, 0.25) is 0 Å². The summed E-state index contributed by atoms with van der Waals surface area (Å²) in [7, 11) is 0. The van der Waals surface area contributed by atoms with Gasteiger partial charge >= 0.3 is 0 Å². The third kappa shape index (κ3) is 2.03. The highest BCUT2D eigenvalue weighted by atomic mass is 16.1. The van der Waals surface area contributed by atoms with Gasteiger partial charge in [0.1, 0.15) is 0 Å². The van der Waals surface area contributed by atoms with Crippen molar-refractivity contribution in [2.24, 2.45) is 5.92 Å². The Hall–Kier alpha value is -2.19. The van der Waals surface area contributed by atoms with E-state index in [0.717, 1.165) is 29.3 Å². The van der Waals surface area contributed by atoms with Gasteiger partial charge in [0, 0.05) is 18.2 Å². The number of carbonyl (C=O) groups is 1. The van der Waals surface area contributed by atoms with E-state index in [-0.39, 0.29) is 11.7 Å². The average molecular weight is 275 g/mol.